The highest BCUT2D eigenvalue weighted by molar-refractivity contribution is 6.00. The largest absolute Gasteiger partial charge is 0.486 e. The molecule has 1 saturated heterocycles. The molecule has 0 aromatic heterocycles. The summed E-state index contributed by atoms with van der Waals surface area (Å²) in [4.78, 5) is 42.1. The van der Waals surface area contributed by atoms with Gasteiger partial charge in [-0.1, -0.05) is 26.0 Å². The van der Waals surface area contributed by atoms with Crippen LogP contribution in [0.5, 0.6) is 5.75 Å². The van der Waals surface area contributed by atoms with E-state index in [0.717, 1.165) is 26.1 Å². The predicted octanol–water partition coefficient (Wildman–Crippen LogP) is 2.64. The summed E-state index contributed by atoms with van der Waals surface area (Å²) in [6.07, 6.45) is 2.46. The van der Waals surface area contributed by atoms with Crippen LogP contribution in [0.2, 0.25) is 0 Å². The molecule has 1 fully saturated rings. The molecule has 2 amide bonds. The maximum Gasteiger partial charge on any atom is 0.242 e. The van der Waals surface area contributed by atoms with Crippen LogP contribution in [0.1, 0.15) is 63.2 Å². The van der Waals surface area contributed by atoms with Crippen molar-refractivity contribution in [3.63, 3.8) is 0 Å². The number of para-hydroxylation sites is 1. The van der Waals surface area contributed by atoms with Crippen molar-refractivity contribution < 1.29 is 19.1 Å². The first kappa shape index (κ1) is 23.3. The molecule has 7 heteroatoms. The molecule has 1 spiro atoms. The fourth-order valence-corrected chi connectivity index (χ4v) is 4.53. The van der Waals surface area contributed by atoms with Gasteiger partial charge >= 0.3 is 0 Å². The average Bonchev–Trinajstić information content (AvgIpc) is 2.92. The van der Waals surface area contributed by atoms with E-state index in [-0.39, 0.29) is 30.4 Å². The van der Waals surface area contributed by atoms with Crippen molar-refractivity contribution >= 4 is 17.6 Å². The summed E-state index contributed by atoms with van der Waals surface area (Å²) >= 11 is 0. The Kier molecular flexibility index (Phi) is 7.70. The summed E-state index contributed by atoms with van der Waals surface area (Å²) in [5.74, 6) is 0.466. The predicted molar refractivity (Wildman–Crippen MR) is 119 cm³/mol. The Balaban J connectivity index is 1.57. The van der Waals surface area contributed by atoms with Crippen molar-refractivity contribution in [1.82, 2.24) is 15.1 Å². The molecule has 2 atom stereocenters. The van der Waals surface area contributed by atoms with Crippen molar-refractivity contribution in [2.24, 2.45) is 0 Å². The third-order valence-corrected chi connectivity index (χ3v) is 6.61. The van der Waals surface area contributed by atoms with Crippen molar-refractivity contribution in [3.05, 3.63) is 29.8 Å². The van der Waals surface area contributed by atoms with Crippen LogP contribution in [0, 0.1) is 0 Å². The number of ketones is 1. The molecule has 7 nitrogen and oxygen atoms in total. The van der Waals surface area contributed by atoms with E-state index >= 15 is 0 Å². The van der Waals surface area contributed by atoms with E-state index < -0.39 is 11.6 Å². The second kappa shape index (κ2) is 10.3. The zero-order valence-corrected chi connectivity index (χ0v) is 19.0. The number of ether oxygens (including phenoxy) is 1. The number of hydrogen-bond acceptors (Lipinski definition) is 5. The van der Waals surface area contributed by atoms with Crippen molar-refractivity contribution in [3.8, 4) is 5.75 Å². The Morgan fingerprint density at radius 3 is 2.71 bits per heavy atom. The number of carbonyl (C=O) groups excluding carboxylic acids is 3. The first-order valence-electron chi connectivity index (χ1n) is 11.5. The molecule has 3 rings (SSSR count). The summed E-state index contributed by atoms with van der Waals surface area (Å²) in [6.45, 7) is 9.98. The molecule has 1 aromatic carbocycles. The summed E-state index contributed by atoms with van der Waals surface area (Å²) < 4.78 is 6.27. The van der Waals surface area contributed by atoms with Crippen LogP contribution in [0.4, 0.5) is 0 Å². The minimum atomic E-state index is -0.671. The highest BCUT2D eigenvalue weighted by Crippen LogP contribution is 2.39. The van der Waals surface area contributed by atoms with E-state index in [1.807, 2.05) is 18.2 Å². The third-order valence-electron chi connectivity index (χ3n) is 6.61. The highest BCUT2D eigenvalue weighted by atomic mass is 16.5. The average molecular weight is 430 g/mol. The van der Waals surface area contributed by atoms with Gasteiger partial charge in [0.05, 0.1) is 12.0 Å². The molecule has 0 saturated carbocycles. The smallest absolute Gasteiger partial charge is 0.242 e. The number of rotatable bonds is 8. The van der Waals surface area contributed by atoms with Crippen molar-refractivity contribution in [2.75, 3.05) is 32.7 Å². The standard InChI is InChI=1S/C24H35N3O4/c1-4-26(5-2)15-8-14-25-23(30)18(3)27-16-13-24(12-11-22(27)29)17-20(28)19-9-6-7-10-21(19)31-24/h6-7,9-10,18H,4-5,8,11-17H2,1-3H3,(H,25,30). The van der Waals surface area contributed by atoms with Crippen LogP contribution >= 0.6 is 0 Å². The van der Waals surface area contributed by atoms with Gasteiger partial charge in [-0.25, -0.2) is 0 Å². The van der Waals surface area contributed by atoms with Crippen LogP contribution in [-0.2, 0) is 9.59 Å². The van der Waals surface area contributed by atoms with Gasteiger partial charge < -0.3 is 19.9 Å². The first-order chi connectivity index (χ1) is 14.9. The van der Waals surface area contributed by atoms with E-state index in [9.17, 15) is 14.4 Å². The van der Waals surface area contributed by atoms with Gasteiger partial charge in [-0.05, 0) is 51.5 Å². The van der Waals surface area contributed by atoms with Gasteiger partial charge in [0, 0.05) is 25.9 Å². The highest BCUT2D eigenvalue weighted by Gasteiger charge is 2.44. The minimum Gasteiger partial charge on any atom is -0.486 e. The molecular weight excluding hydrogens is 394 g/mol. The normalized spacial score (nSPS) is 22.1. The van der Waals surface area contributed by atoms with E-state index in [1.54, 1.807) is 17.9 Å². The number of benzene rings is 1. The van der Waals surface area contributed by atoms with Gasteiger partial charge in [0.25, 0.3) is 0 Å². The van der Waals surface area contributed by atoms with Crippen LogP contribution in [0.25, 0.3) is 0 Å². The summed E-state index contributed by atoms with van der Waals surface area (Å²) in [7, 11) is 0. The lowest BCUT2D eigenvalue weighted by Gasteiger charge is -2.37. The Bertz CT molecular complexity index is 808. The fraction of sp³-hybridized carbons (Fsp3) is 0.625. The zero-order chi connectivity index (χ0) is 22.4. The van der Waals surface area contributed by atoms with Gasteiger partial charge in [0.1, 0.15) is 17.4 Å². The topological polar surface area (TPSA) is 79.0 Å². The number of amides is 2. The second-order valence-electron chi connectivity index (χ2n) is 8.57. The van der Waals surface area contributed by atoms with Crippen LogP contribution in [0.15, 0.2) is 24.3 Å². The molecule has 0 radical (unpaired) electrons. The van der Waals surface area contributed by atoms with E-state index in [4.69, 9.17) is 4.74 Å². The number of hydrogen-bond donors (Lipinski definition) is 1. The number of nitrogens with zero attached hydrogens (tertiary/aromatic N) is 2. The quantitative estimate of drug-likeness (QED) is 0.643. The van der Waals surface area contributed by atoms with E-state index in [2.05, 4.69) is 24.1 Å². The maximum atomic E-state index is 12.8. The molecule has 170 valence electrons. The molecule has 0 aliphatic carbocycles. The monoisotopic (exact) mass is 429 g/mol. The Labute approximate surface area is 185 Å². The van der Waals surface area contributed by atoms with Gasteiger partial charge in [-0.3, -0.25) is 14.4 Å². The van der Waals surface area contributed by atoms with Crippen LogP contribution in [0.3, 0.4) is 0 Å². The number of Topliss-reactive ketones (excluding diaryl/α,β-unsaturated/α-hetero) is 1. The molecule has 1 N–H and O–H groups in total. The van der Waals surface area contributed by atoms with Crippen LogP contribution < -0.4 is 10.1 Å². The fourth-order valence-electron chi connectivity index (χ4n) is 4.53. The lowest BCUT2D eigenvalue weighted by Crippen LogP contribution is -2.49. The molecule has 2 aliphatic rings. The zero-order valence-electron chi connectivity index (χ0n) is 19.0. The summed E-state index contributed by atoms with van der Waals surface area (Å²) in [5, 5.41) is 2.97. The lowest BCUT2D eigenvalue weighted by molar-refractivity contribution is -0.139. The first-order valence-corrected chi connectivity index (χ1v) is 11.5. The Morgan fingerprint density at radius 1 is 1.23 bits per heavy atom. The van der Waals surface area contributed by atoms with Crippen molar-refractivity contribution in [2.45, 2.75) is 64.5 Å². The third kappa shape index (κ3) is 5.45. The van der Waals surface area contributed by atoms with Gasteiger partial charge in [-0.2, -0.15) is 0 Å². The SMILES string of the molecule is CCN(CC)CCCNC(=O)C(C)N1CCC2(CCC1=O)CC(=O)c1ccccc1O2. The molecule has 1 aromatic rings. The Hall–Kier alpha value is -2.41. The van der Waals surface area contributed by atoms with Gasteiger partial charge in [0.15, 0.2) is 5.78 Å². The summed E-state index contributed by atoms with van der Waals surface area (Å²) in [5.41, 5.74) is -0.0616. The Morgan fingerprint density at radius 2 is 1.97 bits per heavy atom. The van der Waals surface area contributed by atoms with Gasteiger partial charge in [0.2, 0.25) is 11.8 Å². The number of nitrogens with one attached hydrogen (secondary N) is 1. The summed E-state index contributed by atoms with van der Waals surface area (Å²) in [6, 6.07) is 6.74. The molecule has 2 heterocycles. The second-order valence-corrected chi connectivity index (χ2v) is 8.57. The molecule has 2 unspecified atom stereocenters. The minimum absolute atomic E-state index is 0.0572. The maximum absolute atomic E-state index is 12.8. The van der Waals surface area contributed by atoms with Crippen LogP contribution in [-0.4, -0.2) is 71.8 Å². The van der Waals surface area contributed by atoms with Crippen molar-refractivity contribution in [1.29, 1.82) is 0 Å². The van der Waals surface area contributed by atoms with E-state index in [0.29, 0.717) is 37.2 Å². The molecule has 0 bridgehead atoms. The number of carbonyl (C=O) groups is 3. The number of likely N-dealkylation sites (tertiary alicyclic amines) is 1. The molecule has 31 heavy (non-hydrogen) atoms. The van der Waals surface area contributed by atoms with E-state index in [1.165, 1.54) is 0 Å². The molecule has 2 aliphatic heterocycles. The lowest BCUT2D eigenvalue weighted by atomic mass is 9.84. The molecular formula is C24H35N3O4. The van der Waals surface area contributed by atoms with Gasteiger partial charge in [-0.15, -0.1) is 0 Å². The number of fused-ring (bicyclic) bond motifs is 1.